The number of aliphatic hydroxyl groups excluding tert-OH is 2. The predicted molar refractivity (Wildman–Crippen MR) is 79.3 cm³/mol. The van der Waals surface area contributed by atoms with Gasteiger partial charge in [0.2, 0.25) is 0 Å². The second kappa shape index (κ2) is 7.27. The van der Waals surface area contributed by atoms with Gasteiger partial charge < -0.3 is 19.8 Å². The van der Waals surface area contributed by atoms with Crippen LogP contribution in [0.15, 0.2) is 18.2 Å². The first kappa shape index (κ1) is 15.6. The molecule has 0 radical (unpaired) electrons. The zero-order chi connectivity index (χ0) is 14.5. The average Bonchev–Trinajstić information content (AvgIpc) is 2.88. The average molecular weight is 300 g/mol. The SMILES string of the molecule is Cc1cccc(OC[C@H]2CCN(CC(O)CO)C2)c1Cl. The van der Waals surface area contributed by atoms with Crippen LogP contribution in [0.5, 0.6) is 5.75 Å². The molecule has 0 aliphatic carbocycles. The molecule has 0 bridgehead atoms. The van der Waals surface area contributed by atoms with Gasteiger partial charge in [-0.05, 0) is 31.5 Å². The molecule has 4 nitrogen and oxygen atoms in total. The molecule has 0 amide bonds. The monoisotopic (exact) mass is 299 g/mol. The molecular weight excluding hydrogens is 278 g/mol. The largest absolute Gasteiger partial charge is 0.492 e. The smallest absolute Gasteiger partial charge is 0.138 e. The molecule has 1 aromatic carbocycles. The summed E-state index contributed by atoms with van der Waals surface area (Å²) in [5, 5.41) is 19.0. The summed E-state index contributed by atoms with van der Waals surface area (Å²) in [6.07, 6.45) is 0.391. The van der Waals surface area contributed by atoms with Crippen LogP contribution in [-0.2, 0) is 0 Å². The summed E-state index contributed by atoms with van der Waals surface area (Å²) in [6, 6.07) is 5.79. The maximum Gasteiger partial charge on any atom is 0.138 e. The van der Waals surface area contributed by atoms with Gasteiger partial charge in [0.1, 0.15) is 5.75 Å². The Balaban J connectivity index is 1.79. The summed E-state index contributed by atoms with van der Waals surface area (Å²) in [5.74, 6) is 1.18. The lowest BCUT2D eigenvalue weighted by Gasteiger charge is -2.19. The predicted octanol–water partition coefficient (Wildman–Crippen LogP) is 1.70. The van der Waals surface area contributed by atoms with E-state index in [4.69, 9.17) is 21.4 Å². The zero-order valence-electron chi connectivity index (χ0n) is 11.8. The van der Waals surface area contributed by atoms with Crippen LogP contribution in [0.3, 0.4) is 0 Å². The molecule has 112 valence electrons. The maximum absolute atomic E-state index is 9.44. The van der Waals surface area contributed by atoms with Gasteiger partial charge in [-0.2, -0.15) is 0 Å². The lowest BCUT2D eigenvalue weighted by atomic mass is 10.1. The van der Waals surface area contributed by atoms with Crippen LogP contribution in [0.25, 0.3) is 0 Å². The Morgan fingerprint density at radius 2 is 2.30 bits per heavy atom. The molecule has 1 aliphatic heterocycles. The number of β-amino-alcohol motifs (C(OH)–C–C–N with tert-alkyl or cyclic N) is 1. The molecule has 1 aromatic rings. The molecule has 2 rings (SSSR count). The van der Waals surface area contributed by atoms with E-state index in [9.17, 15) is 5.11 Å². The molecule has 0 saturated carbocycles. The van der Waals surface area contributed by atoms with Crippen molar-refractivity contribution in [3.63, 3.8) is 0 Å². The molecule has 1 unspecified atom stereocenters. The van der Waals surface area contributed by atoms with E-state index >= 15 is 0 Å². The number of hydrogen-bond acceptors (Lipinski definition) is 4. The quantitative estimate of drug-likeness (QED) is 0.839. The lowest BCUT2D eigenvalue weighted by Crippen LogP contribution is -2.33. The number of halogens is 1. The van der Waals surface area contributed by atoms with Crippen molar-refractivity contribution in [1.29, 1.82) is 0 Å². The molecule has 20 heavy (non-hydrogen) atoms. The second-order valence-corrected chi connectivity index (χ2v) is 5.83. The Labute approximate surface area is 124 Å². The molecule has 1 aliphatic rings. The molecular formula is C15H22ClNO3. The minimum absolute atomic E-state index is 0.184. The van der Waals surface area contributed by atoms with E-state index in [1.807, 2.05) is 25.1 Å². The number of ether oxygens (including phenoxy) is 1. The molecule has 0 spiro atoms. The van der Waals surface area contributed by atoms with Crippen molar-refractivity contribution in [2.45, 2.75) is 19.4 Å². The minimum Gasteiger partial charge on any atom is -0.492 e. The van der Waals surface area contributed by atoms with Gasteiger partial charge in [0.25, 0.3) is 0 Å². The topological polar surface area (TPSA) is 52.9 Å². The highest BCUT2D eigenvalue weighted by Gasteiger charge is 2.24. The third-order valence-electron chi connectivity index (χ3n) is 3.68. The molecule has 1 heterocycles. The van der Waals surface area contributed by atoms with Gasteiger partial charge in [0.05, 0.1) is 24.3 Å². The first-order chi connectivity index (χ1) is 9.60. The first-order valence-electron chi connectivity index (χ1n) is 6.99. The summed E-state index contributed by atoms with van der Waals surface area (Å²) in [5.41, 5.74) is 1.02. The van der Waals surface area contributed by atoms with Crippen molar-refractivity contribution >= 4 is 11.6 Å². The van der Waals surface area contributed by atoms with Crippen molar-refractivity contribution in [1.82, 2.24) is 4.90 Å². The minimum atomic E-state index is -0.652. The van der Waals surface area contributed by atoms with Crippen LogP contribution < -0.4 is 4.74 Å². The maximum atomic E-state index is 9.44. The summed E-state index contributed by atoms with van der Waals surface area (Å²) >= 11 is 6.20. The standard InChI is InChI=1S/C15H22ClNO3/c1-11-3-2-4-14(15(11)16)20-10-12-5-6-17(7-12)8-13(19)9-18/h2-4,12-13,18-19H,5-10H2,1H3/t12-,13?/m0/s1. The lowest BCUT2D eigenvalue weighted by molar-refractivity contribution is 0.0643. The van der Waals surface area contributed by atoms with Gasteiger partial charge in [-0.1, -0.05) is 23.7 Å². The second-order valence-electron chi connectivity index (χ2n) is 5.45. The molecule has 2 N–H and O–H groups in total. The fourth-order valence-electron chi connectivity index (χ4n) is 2.51. The highest BCUT2D eigenvalue weighted by Crippen LogP contribution is 2.28. The Hall–Kier alpha value is -0.810. The zero-order valence-corrected chi connectivity index (χ0v) is 12.5. The summed E-state index contributed by atoms with van der Waals surface area (Å²) in [6.45, 7) is 4.76. The number of aliphatic hydroxyl groups is 2. The van der Waals surface area contributed by atoms with E-state index in [2.05, 4.69) is 4.90 Å². The van der Waals surface area contributed by atoms with E-state index in [1.54, 1.807) is 0 Å². The first-order valence-corrected chi connectivity index (χ1v) is 7.37. The number of aryl methyl sites for hydroxylation is 1. The van der Waals surface area contributed by atoms with Crippen LogP contribution in [-0.4, -0.2) is 54.1 Å². The van der Waals surface area contributed by atoms with E-state index in [1.165, 1.54) is 0 Å². The highest BCUT2D eigenvalue weighted by molar-refractivity contribution is 6.32. The van der Waals surface area contributed by atoms with Gasteiger partial charge in [-0.15, -0.1) is 0 Å². The van der Waals surface area contributed by atoms with Crippen LogP contribution in [0.1, 0.15) is 12.0 Å². The van der Waals surface area contributed by atoms with Gasteiger partial charge >= 0.3 is 0 Å². The third-order valence-corrected chi connectivity index (χ3v) is 4.16. The molecule has 5 heteroatoms. The summed E-state index contributed by atoms with van der Waals surface area (Å²) < 4.78 is 5.81. The Bertz CT molecular complexity index is 441. The molecule has 0 aromatic heterocycles. The number of benzene rings is 1. The Morgan fingerprint density at radius 3 is 3.05 bits per heavy atom. The van der Waals surface area contributed by atoms with Crippen LogP contribution >= 0.6 is 11.6 Å². The van der Waals surface area contributed by atoms with Gasteiger partial charge in [0, 0.05) is 19.0 Å². The Morgan fingerprint density at radius 1 is 1.50 bits per heavy atom. The van der Waals surface area contributed by atoms with Gasteiger partial charge in [0.15, 0.2) is 0 Å². The number of hydrogen-bond donors (Lipinski definition) is 2. The number of rotatable bonds is 6. The van der Waals surface area contributed by atoms with Crippen molar-refractivity contribution in [2.24, 2.45) is 5.92 Å². The van der Waals surface area contributed by atoms with Crippen molar-refractivity contribution in [3.05, 3.63) is 28.8 Å². The van der Waals surface area contributed by atoms with Gasteiger partial charge in [-0.3, -0.25) is 0 Å². The van der Waals surface area contributed by atoms with Crippen molar-refractivity contribution in [3.8, 4) is 5.75 Å². The normalized spacial score (nSPS) is 21.1. The van der Waals surface area contributed by atoms with Crippen LogP contribution in [0, 0.1) is 12.8 Å². The molecule has 2 atom stereocenters. The number of nitrogens with zero attached hydrogens (tertiary/aromatic N) is 1. The van der Waals surface area contributed by atoms with Crippen molar-refractivity contribution < 1.29 is 14.9 Å². The summed E-state index contributed by atoms with van der Waals surface area (Å²) in [4.78, 5) is 2.16. The fraction of sp³-hybridized carbons (Fsp3) is 0.600. The summed E-state index contributed by atoms with van der Waals surface area (Å²) in [7, 11) is 0. The number of likely N-dealkylation sites (tertiary alicyclic amines) is 1. The van der Waals surface area contributed by atoms with Gasteiger partial charge in [-0.25, -0.2) is 0 Å². The Kier molecular flexibility index (Phi) is 5.66. The van der Waals surface area contributed by atoms with Crippen LogP contribution in [0.2, 0.25) is 5.02 Å². The van der Waals surface area contributed by atoms with E-state index < -0.39 is 6.10 Å². The highest BCUT2D eigenvalue weighted by atomic mass is 35.5. The fourth-order valence-corrected chi connectivity index (χ4v) is 2.69. The van der Waals surface area contributed by atoms with Crippen LogP contribution in [0.4, 0.5) is 0 Å². The van der Waals surface area contributed by atoms with E-state index in [0.717, 1.165) is 30.8 Å². The third kappa shape index (κ3) is 4.09. The molecule has 1 saturated heterocycles. The van der Waals surface area contributed by atoms with E-state index in [-0.39, 0.29) is 6.61 Å². The van der Waals surface area contributed by atoms with E-state index in [0.29, 0.717) is 24.1 Å². The van der Waals surface area contributed by atoms with Crippen molar-refractivity contribution in [2.75, 3.05) is 32.8 Å². The molecule has 1 fully saturated rings.